The third-order valence-electron chi connectivity index (χ3n) is 4.35. The van der Waals surface area contributed by atoms with Gasteiger partial charge in [0.25, 0.3) is 0 Å². The molecule has 3 aromatic heterocycles. The van der Waals surface area contributed by atoms with Crippen LogP contribution in [0.5, 0.6) is 0 Å². The first-order chi connectivity index (χ1) is 12.3. The van der Waals surface area contributed by atoms with E-state index in [2.05, 4.69) is 25.2 Å². The number of thiazole rings is 1. The topological polar surface area (TPSA) is 92.8 Å². The van der Waals surface area contributed by atoms with Crippen LogP contribution in [0.1, 0.15) is 32.1 Å². The fourth-order valence-electron chi connectivity index (χ4n) is 3.07. The van der Waals surface area contributed by atoms with E-state index >= 15 is 0 Å². The number of anilines is 4. The molecule has 4 heterocycles. The number of nitrogens with one attached hydrogen (secondary N) is 1. The van der Waals surface area contributed by atoms with E-state index in [1.165, 1.54) is 38.4 Å². The van der Waals surface area contributed by atoms with Gasteiger partial charge >= 0.3 is 0 Å². The van der Waals surface area contributed by atoms with Gasteiger partial charge in [-0.25, -0.2) is 19.9 Å². The van der Waals surface area contributed by atoms with Crippen LogP contribution in [0, 0.1) is 0 Å². The zero-order valence-corrected chi connectivity index (χ0v) is 14.8. The molecule has 1 saturated heterocycles. The Balaban J connectivity index is 1.63. The molecule has 0 saturated carbocycles. The highest BCUT2D eigenvalue weighted by Gasteiger charge is 2.16. The van der Waals surface area contributed by atoms with Gasteiger partial charge in [-0.3, -0.25) is 0 Å². The molecule has 0 radical (unpaired) electrons. The first kappa shape index (κ1) is 16.0. The zero-order chi connectivity index (χ0) is 17.1. The monoisotopic (exact) mass is 355 g/mol. The Morgan fingerprint density at radius 1 is 1.04 bits per heavy atom. The summed E-state index contributed by atoms with van der Waals surface area (Å²) in [5.41, 5.74) is 6.69. The molecular formula is C17H21N7S. The number of nitrogens with zero attached hydrogens (tertiary/aromatic N) is 5. The summed E-state index contributed by atoms with van der Waals surface area (Å²) in [6.07, 6.45) is 9.66. The van der Waals surface area contributed by atoms with Crippen molar-refractivity contribution in [1.82, 2.24) is 19.9 Å². The number of nitrogen functional groups attached to an aromatic ring is 1. The average Bonchev–Trinajstić information content (AvgIpc) is 2.99. The molecule has 0 spiro atoms. The molecule has 0 atom stereocenters. The summed E-state index contributed by atoms with van der Waals surface area (Å²) >= 11 is 1.69. The molecule has 0 aromatic carbocycles. The van der Waals surface area contributed by atoms with Crippen LogP contribution in [0.15, 0.2) is 24.7 Å². The summed E-state index contributed by atoms with van der Waals surface area (Å²) in [7, 11) is 0. The van der Waals surface area contributed by atoms with Crippen LogP contribution in [0.2, 0.25) is 0 Å². The van der Waals surface area contributed by atoms with Gasteiger partial charge in [0.2, 0.25) is 0 Å². The zero-order valence-electron chi connectivity index (χ0n) is 14.0. The number of nitrogens with two attached hydrogens (primary N) is 1. The lowest BCUT2D eigenvalue weighted by atomic mass is 10.1. The first-order valence-corrected chi connectivity index (χ1v) is 9.46. The van der Waals surface area contributed by atoms with Crippen molar-refractivity contribution in [3.8, 4) is 0 Å². The van der Waals surface area contributed by atoms with Crippen molar-refractivity contribution in [2.45, 2.75) is 32.1 Å². The molecule has 8 heteroatoms. The number of rotatable bonds is 3. The van der Waals surface area contributed by atoms with Crippen LogP contribution in [0.25, 0.3) is 10.2 Å². The predicted octanol–water partition coefficient (Wildman–Crippen LogP) is 3.58. The third-order valence-corrected chi connectivity index (χ3v) is 5.49. The molecule has 130 valence electrons. The Hall–Kier alpha value is -2.48. The van der Waals surface area contributed by atoms with Gasteiger partial charge in [-0.2, -0.15) is 0 Å². The highest BCUT2D eigenvalue weighted by molar-refractivity contribution is 7.22. The Morgan fingerprint density at radius 2 is 1.84 bits per heavy atom. The van der Waals surface area contributed by atoms with Crippen molar-refractivity contribution in [1.29, 1.82) is 0 Å². The summed E-state index contributed by atoms with van der Waals surface area (Å²) in [5.74, 6) is 1.82. The SMILES string of the molecule is Nc1cc(Nc2nccc3nc(N4CCCCCCC4)sc23)ncn1. The molecule has 0 aliphatic carbocycles. The van der Waals surface area contributed by atoms with E-state index in [9.17, 15) is 0 Å². The molecule has 7 nitrogen and oxygen atoms in total. The van der Waals surface area contributed by atoms with Crippen LogP contribution in [-0.4, -0.2) is 33.0 Å². The predicted molar refractivity (Wildman–Crippen MR) is 102 cm³/mol. The maximum atomic E-state index is 5.73. The standard InChI is InChI=1S/C17H21N7S/c18-13-10-14(21-11-20-13)23-16-15-12(6-7-19-16)22-17(25-15)24-8-4-2-1-3-5-9-24/h6-7,10-11H,1-5,8-9H2,(H3,18,19,20,21,23). The fraction of sp³-hybridized carbons (Fsp3) is 0.412. The van der Waals surface area contributed by atoms with Gasteiger partial charge in [-0.1, -0.05) is 30.6 Å². The normalized spacial score (nSPS) is 15.8. The van der Waals surface area contributed by atoms with Crippen molar-refractivity contribution in [2.75, 3.05) is 29.0 Å². The number of fused-ring (bicyclic) bond motifs is 1. The van der Waals surface area contributed by atoms with Crippen LogP contribution in [0.4, 0.5) is 22.6 Å². The van der Waals surface area contributed by atoms with Crippen molar-refractivity contribution >= 4 is 44.1 Å². The van der Waals surface area contributed by atoms with E-state index in [1.807, 2.05) is 6.07 Å². The smallest absolute Gasteiger partial charge is 0.186 e. The van der Waals surface area contributed by atoms with Crippen LogP contribution >= 0.6 is 11.3 Å². The van der Waals surface area contributed by atoms with Crippen molar-refractivity contribution in [2.24, 2.45) is 0 Å². The average molecular weight is 355 g/mol. The Labute approximate surface area is 150 Å². The van der Waals surface area contributed by atoms with Gasteiger partial charge in [0.1, 0.15) is 18.0 Å². The molecule has 25 heavy (non-hydrogen) atoms. The van der Waals surface area contributed by atoms with Crippen molar-refractivity contribution in [3.63, 3.8) is 0 Å². The van der Waals surface area contributed by atoms with E-state index in [0.717, 1.165) is 34.3 Å². The number of hydrogen-bond acceptors (Lipinski definition) is 8. The van der Waals surface area contributed by atoms with E-state index in [4.69, 9.17) is 10.7 Å². The lowest BCUT2D eigenvalue weighted by molar-refractivity contribution is 0.556. The van der Waals surface area contributed by atoms with Gasteiger partial charge in [-0.05, 0) is 18.9 Å². The number of hydrogen-bond donors (Lipinski definition) is 2. The summed E-state index contributed by atoms with van der Waals surface area (Å²) < 4.78 is 1.04. The lowest BCUT2D eigenvalue weighted by Gasteiger charge is -2.23. The second kappa shape index (κ2) is 7.18. The Bertz CT molecular complexity index is 855. The molecule has 1 fully saturated rings. The molecule has 0 amide bonds. The molecule has 1 aliphatic heterocycles. The minimum atomic E-state index is 0.426. The molecule has 4 rings (SSSR count). The molecule has 0 unspecified atom stereocenters. The van der Waals surface area contributed by atoms with Gasteiger partial charge in [0.05, 0.1) is 10.2 Å². The van der Waals surface area contributed by atoms with Gasteiger partial charge in [0.15, 0.2) is 10.9 Å². The summed E-state index contributed by atoms with van der Waals surface area (Å²) in [6, 6.07) is 3.65. The Kier molecular flexibility index (Phi) is 4.60. The quantitative estimate of drug-likeness (QED) is 0.741. The minimum Gasteiger partial charge on any atom is -0.384 e. The number of aromatic nitrogens is 4. The first-order valence-electron chi connectivity index (χ1n) is 8.64. The molecular weight excluding hydrogens is 334 g/mol. The fourth-order valence-corrected chi connectivity index (χ4v) is 4.13. The lowest BCUT2D eigenvalue weighted by Crippen LogP contribution is -2.26. The summed E-state index contributed by atoms with van der Waals surface area (Å²) in [6.45, 7) is 2.16. The van der Waals surface area contributed by atoms with E-state index in [0.29, 0.717) is 11.6 Å². The van der Waals surface area contributed by atoms with Crippen LogP contribution < -0.4 is 16.0 Å². The second-order valence-corrected chi connectivity index (χ2v) is 7.19. The van der Waals surface area contributed by atoms with Crippen molar-refractivity contribution < 1.29 is 0 Å². The van der Waals surface area contributed by atoms with Gasteiger partial charge in [-0.15, -0.1) is 0 Å². The second-order valence-electron chi connectivity index (χ2n) is 6.21. The van der Waals surface area contributed by atoms with Crippen LogP contribution in [-0.2, 0) is 0 Å². The maximum Gasteiger partial charge on any atom is 0.186 e. The van der Waals surface area contributed by atoms with E-state index < -0.39 is 0 Å². The molecule has 3 N–H and O–H groups in total. The summed E-state index contributed by atoms with van der Waals surface area (Å²) in [5, 5.41) is 4.31. The third kappa shape index (κ3) is 3.63. The van der Waals surface area contributed by atoms with E-state index in [1.54, 1.807) is 23.6 Å². The molecule has 0 bridgehead atoms. The molecule has 3 aromatic rings. The van der Waals surface area contributed by atoms with Gasteiger partial charge in [0, 0.05) is 25.4 Å². The van der Waals surface area contributed by atoms with Gasteiger partial charge < -0.3 is 16.0 Å². The molecule has 1 aliphatic rings. The minimum absolute atomic E-state index is 0.426. The van der Waals surface area contributed by atoms with Crippen LogP contribution in [0.3, 0.4) is 0 Å². The summed E-state index contributed by atoms with van der Waals surface area (Å²) in [4.78, 5) is 19.8. The number of pyridine rings is 1. The Morgan fingerprint density at radius 3 is 2.64 bits per heavy atom. The largest absolute Gasteiger partial charge is 0.384 e. The highest BCUT2D eigenvalue weighted by Crippen LogP contribution is 2.34. The van der Waals surface area contributed by atoms with E-state index in [-0.39, 0.29) is 0 Å². The maximum absolute atomic E-state index is 5.73. The van der Waals surface area contributed by atoms with Crippen molar-refractivity contribution in [3.05, 3.63) is 24.7 Å². The highest BCUT2D eigenvalue weighted by atomic mass is 32.1.